The zero-order valence-corrected chi connectivity index (χ0v) is 12.8. The molecule has 0 aromatic heterocycles. The summed E-state index contributed by atoms with van der Waals surface area (Å²) in [6.45, 7) is 3.44. The Hall–Kier alpha value is -2.56. The first-order chi connectivity index (χ1) is 10.6. The van der Waals surface area contributed by atoms with Gasteiger partial charge in [-0.15, -0.1) is 0 Å². The van der Waals surface area contributed by atoms with Gasteiger partial charge >= 0.3 is 12.1 Å². The van der Waals surface area contributed by atoms with Gasteiger partial charge in [-0.3, -0.25) is 9.63 Å². The second-order valence-electron chi connectivity index (χ2n) is 5.25. The molecule has 0 spiro atoms. The van der Waals surface area contributed by atoms with E-state index in [9.17, 15) is 19.5 Å². The van der Waals surface area contributed by atoms with Crippen LogP contribution in [0.5, 0.6) is 0 Å². The number of rotatable bonds is 8. The minimum atomic E-state index is -1.58. The molecule has 130 valence electrons. The van der Waals surface area contributed by atoms with Crippen LogP contribution in [-0.2, 0) is 19.2 Å². The maximum absolute atomic E-state index is 11.8. The molecule has 0 aromatic carbocycles. The van der Waals surface area contributed by atoms with Crippen molar-refractivity contribution in [3.8, 4) is 0 Å². The average molecular weight is 333 g/mol. The average Bonchev–Trinajstić information content (AvgIpc) is 2.39. The fourth-order valence-corrected chi connectivity index (χ4v) is 1.23. The maximum Gasteiger partial charge on any atom is 0.408 e. The van der Waals surface area contributed by atoms with Crippen molar-refractivity contribution in [1.82, 2.24) is 10.8 Å². The molecule has 0 unspecified atom stereocenters. The first-order valence-corrected chi connectivity index (χ1v) is 6.38. The highest BCUT2D eigenvalue weighted by atomic mass is 16.7. The molecule has 0 aliphatic heterocycles. The van der Waals surface area contributed by atoms with Crippen LogP contribution >= 0.6 is 0 Å². The quantitative estimate of drug-likeness (QED) is 0.203. The summed E-state index contributed by atoms with van der Waals surface area (Å²) in [5.74, 6) is -2.38. The highest BCUT2D eigenvalue weighted by Crippen LogP contribution is 2.07. The third kappa shape index (κ3) is 9.90. The molecule has 12 nitrogen and oxygen atoms in total. The Kier molecular flexibility index (Phi) is 8.40. The summed E-state index contributed by atoms with van der Waals surface area (Å²) < 4.78 is 4.94. The predicted octanol–water partition coefficient (Wildman–Crippen LogP) is -0.317. The van der Waals surface area contributed by atoms with Gasteiger partial charge in [0.05, 0.1) is 12.6 Å². The van der Waals surface area contributed by atoms with Crippen LogP contribution in [0.4, 0.5) is 4.79 Å². The second-order valence-corrected chi connectivity index (χ2v) is 5.25. The Morgan fingerprint density at radius 1 is 1.35 bits per heavy atom. The van der Waals surface area contributed by atoms with E-state index in [0.29, 0.717) is 0 Å². The summed E-state index contributed by atoms with van der Waals surface area (Å²) in [5, 5.41) is 23.4. The maximum atomic E-state index is 11.8. The first-order valence-electron chi connectivity index (χ1n) is 6.38. The van der Waals surface area contributed by atoms with Crippen molar-refractivity contribution in [1.29, 1.82) is 0 Å². The van der Waals surface area contributed by atoms with Crippen molar-refractivity contribution >= 4 is 18.0 Å². The largest absolute Gasteiger partial charge is 0.479 e. The van der Waals surface area contributed by atoms with Gasteiger partial charge in [0.25, 0.3) is 5.91 Å². The molecule has 0 aliphatic rings. The Balaban J connectivity index is 4.85. The zero-order valence-electron chi connectivity index (χ0n) is 12.8. The minimum absolute atomic E-state index is 0.511. The molecule has 0 rings (SSSR count). The number of carbonyl (C=O) groups is 3. The third-order valence-electron chi connectivity index (χ3n) is 2.04. The number of alkyl carbamates (subject to hydrolysis) is 1. The van der Waals surface area contributed by atoms with Crippen LogP contribution in [0.15, 0.2) is 5.11 Å². The Labute approximate surface area is 131 Å². The van der Waals surface area contributed by atoms with Gasteiger partial charge in [-0.05, 0) is 26.3 Å². The number of carboxylic acids is 1. The Morgan fingerprint density at radius 3 is 2.43 bits per heavy atom. The number of azide groups is 1. The van der Waals surface area contributed by atoms with Crippen LogP contribution in [0.25, 0.3) is 10.4 Å². The number of carboxylic acid groups (broad SMARTS) is 1. The summed E-state index contributed by atoms with van der Waals surface area (Å²) in [7, 11) is 0. The van der Waals surface area contributed by atoms with E-state index in [2.05, 4.69) is 20.2 Å². The molecule has 0 radical (unpaired) electrons. The number of nitrogens with zero attached hydrogens (tertiary/aromatic N) is 3. The van der Waals surface area contributed by atoms with E-state index < -0.39 is 48.9 Å². The van der Waals surface area contributed by atoms with Crippen LogP contribution in [0.2, 0.25) is 0 Å². The van der Waals surface area contributed by atoms with Crippen LogP contribution in [-0.4, -0.2) is 59.1 Å². The van der Waals surface area contributed by atoms with Crippen LogP contribution < -0.4 is 10.8 Å². The molecular formula is C11H19N5O7. The number of carbonyl (C=O) groups excluding carboxylic acids is 2. The Bertz CT molecular complexity index is 484. The van der Waals surface area contributed by atoms with Crippen molar-refractivity contribution in [3.63, 3.8) is 0 Å². The molecule has 2 atom stereocenters. The van der Waals surface area contributed by atoms with Gasteiger partial charge in [-0.1, -0.05) is 5.11 Å². The lowest BCUT2D eigenvalue weighted by molar-refractivity contribution is -0.150. The topological polar surface area (TPSA) is 183 Å². The van der Waals surface area contributed by atoms with Crippen molar-refractivity contribution in [2.45, 2.75) is 38.5 Å². The molecule has 0 bridgehead atoms. The monoisotopic (exact) mass is 333 g/mol. The summed E-state index contributed by atoms with van der Waals surface area (Å²) >= 11 is 0. The SMILES string of the molecule is CC(C)(C)OC(=O)N[C@H](C(=O)NOCC(=O)O)[C@H](O)CN=[N+]=[N-]. The summed E-state index contributed by atoms with van der Waals surface area (Å²) in [6.07, 6.45) is -2.58. The highest BCUT2D eigenvalue weighted by molar-refractivity contribution is 5.85. The molecule has 12 heteroatoms. The van der Waals surface area contributed by atoms with Crippen LogP contribution in [0, 0.1) is 0 Å². The van der Waals surface area contributed by atoms with E-state index in [4.69, 9.17) is 15.4 Å². The van der Waals surface area contributed by atoms with Gasteiger partial charge in [0.15, 0.2) is 6.61 Å². The Morgan fingerprint density at radius 2 is 1.96 bits per heavy atom. The molecule has 2 amide bonds. The number of hydrogen-bond donors (Lipinski definition) is 4. The standard InChI is InChI=1S/C11H19N5O7/c1-11(2,3)23-10(21)14-8(6(17)4-13-16-12)9(20)15-22-5-7(18)19/h6,8,17H,4-5H2,1-3H3,(H,14,21)(H,15,20)(H,18,19)/t6-,8+/m1/s1. The zero-order chi connectivity index (χ0) is 18.0. The summed E-state index contributed by atoms with van der Waals surface area (Å²) in [5.41, 5.74) is 9.13. The van der Waals surface area contributed by atoms with E-state index in [1.807, 2.05) is 0 Å². The van der Waals surface area contributed by atoms with Gasteiger partial charge in [-0.25, -0.2) is 15.1 Å². The molecule has 0 fully saturated rings. The fourth-order valence-electron chi connectivity index (χ4n) is 1.23. The van der Waals surface area contributed by atoms with Crippen LogP contribution in [0.1, 0.15) is 20.8 Å². The number of amides is 2. The molecule has 23 heavy (non-hydrogen) atoms. The number of aliphatic hydroxyl groups is 1. The molecule has 0 saturated heterocycles. The lowest BCUT2D eigenvalue weighted by Crippen LogP contribution is -2.55. The number of aliphatic hydroxyl groups excluding tert-OH is 1. The third-order valence-corrected chi connectivity index (χ3v) is 2.04. The van der Waals surface area contributed by atoms with Gasteiger partial charge in [0.2, 0.25) is 0 Å². The van der Waals surface area contributed by atoms with E-state index in [1.54, 1.807) is 26.3 Å². The molecule has 0 heterocycles. The second kappa shape index (κ2) is 9.46. The van der Waals surface area contributed by atoms with E-state index in [1.165, 1.54) is 0 Å². The lowest BCUT2D eigenvalue weighted by atomic mass is 10.1. The smallest absolute Gasteiger partial charge is 0.408 e. The van der Waals surface area contributed by atoms with Crippen molar-refractivity contribution in [2.24, 2.45) is 5.11 Å². The fraction of sp³-hybridized carbons (Fsp3) is 0.727. The minimum Gasteiger partial charge on any atom is -0.479 e. The number of hydrogen-bond acceptors (Lipinski definition) is 7. The normalized spacial score (nSPS) is 13.2. The van der Waals surface area contributed by atoms with Crippen molar-refractivity contribution in [2.75, 3.05) is 13.2 Å². The number of hydroxylamine groups is 1. The number of ether oxygens (including phenoxy) is 1. The van der Waals surface area contributed by atoms with Gasteiger partial charge < -0.3 is 20.3 Å². The van der Waals surface area contributed by atoms with E-state index in [-0.39, 0.29) is 0 Å². The summed E-state index contributed by atoms with van der Waals surface area (Å²) in [6, 6.07) is -1.58. The van der Waals surface area contributed by atoms with Crippen molar-refractivity contribution in [3.05, 3.63) is 10.4 Å². The van der Waals surface area contributed by atoms with Crippen molar-refractivity contribution < 1.29 is 34.2 Å². The molecule has 0 aromatic rings. The van der Waals surface area contributed by atoms with Crippen LogP contribution in [0.3, 0.4) is 0 Å². The van der Waals surface area contributed by atoms with Gasteiger partial charge in [0, 0.05) is 4.91 Å². The van der Waals surface area contributed by atoms with E-state index >= 15 is 0 Å². The number of aliphatic carboxylic acids is 1. The molecule has 4 N–H and O–H groups in total. The molecule has 0 aliphatic carbocycles. The molecule has 0 saturated carbocycles. The predicted molar refractivity (Wildman–Crippen MR) is 74.9 cm³/mol. The highest BCUT2D eigenvalue weighted by Gasteiger charge is 2.30. The number of nitrogens with one attached hydrogen (secondary N) is 2. The summed E-state index contributed by atoms with van der Waals surface area (Å²) in [4.78, 5) is 40.6. The molecular weight excluding hydrogens is 314 g/mol. The lowest BCUT2D eigenvalue weighted by Gasteiger charge is -2.25. The van der Waals surface area contributed by atoms with Gasteiger partial charge in [-0.2, -0.15) is 0 Å². The van der Waals surface area contributed by atoms with Gasteiger partial charge in [0.1, 0.15) is 11.6 Å². The first kappa shape index (κ1) is 20.4. The van der Waals surface area contributed by atoms with E-state index in [0.717, 1.165) is 0 Å².